The highest BCUT2D eigenvalue weighted by molar-refractivity contribution is 6.02. The van der Waals surface area contributed by atoms with Crippen molar-refractivity contribution in [1.82, 2.24) is 0 Å². The zero-order chi connectivity index (χ0) is 10.9. The molecule has 1 aromatic rings. The Morgan fingerprint density at radius 1 is 1.07 bits per heavy atom. The average Bonchev–Trinajstić information content (AvgIpc) is 2.01. The van der Waals surface area contributed by atoms with Crippen molar-refractivity contribution >= 4 is 11.9 Å². The first-order valence-electron chi connectivity index (χ1n) is 4.01. The van der Waals surface area contributed by atoms with Crippen molar-refractivity contribution in [1.29, 1.82) is 0 Å². The van der Waals surface area contributed by atoms with Crippen LogP contribution in [0.1, 0.15) is 31.8 Å². The Kier molecular flexibility index (Phi) is 2.56. The molecule has 0 saturated heterocycles. The van der Waals surface area contributed by atoms with Crippen molar-refractivity contribution in [2.24, 2.45) is 0 Å². The molecule has 0 amide bonds. The fourth-order valence-electron chi connectivity index (χ4n) is 1.42. The maximum atomic E-state index is 10.8. The molecule has 4 heteroatoms. The minimum absolute atomic E-state index is 0.136. The summed E-state index contributed by atoms with van der Waals surface area (Å²) in [5.41, 5.74) is 0.915. The molecule has 0 spiro atoms. The Morgan fingerprint density at radius 3 is 2.07 bits per heavy atom. The van der Waals surface area contributed by atoms with E-state index in [1.807, 2.05) is 0 Å². The zero-order valence-corrected chi connectivity index (χ0v) is 7.87. The number of carbonyl (C=O) groups is 2. The summed E-state index contributed by atoms with van der Waals surface area (Å²) >= 11 is 0. The van der Waals surface area contributed by atoms with E-state index in [0.29, 0.717) is 5.56 Å². The van der Waals surface area contributed by atoms with Gasteiger partial charge in [-0.1, -0.05) is 6.07 Å². The number of rotatable bonds is 2. The molecule has 0 atom stereocenters. The predicted molar refractivity (Wildman–Crippen MR) is 49.8 cm³/mol. The summed E-state index contributed by atoms with van der Waals surface area (Å²) in [6, 6.07) is 3.01. The fourth-order valence-corrected chi connectivity index (χ4v) is 1.42. The predicted octanol–water partition coefficient (Wildman–Crippen LogP) is 1.70. The highest BCUT2D eigenvalue weighted by Gasteiger charge is 2.18. The van der Waals surface area contributed by atoms with Gasteiger partial charge in [0.05, 0.1) is 11.1 Å². The summed E-state index contributed by atoms with van der Waals surface area (Å²) in [6.07, 6.45) is 0. The molecule has 1 aromatic carbocycles. The van der Waals surface area contributed by atoms with Crippen LogP contribution in [-0.4, -0.2) is 22.2 Å². The molecule has 0 aliphatic heterocycles. The zero-order valence-electron chi connectivity index (χ0n) is 7.87. The quantitative estimate of drug-likeness (QED) is 0.751. The van der Waals surface area contributed by atoms with Crippen molar-refractivity contribution in [3.05, 3.63) is 34.4 Å². The lowest BCUT2D eigenvalue weighted by Gasteiger charge is -2.06. The van der Waals surface area contributed by atoms with Crippen LogP contribution in [0.2, 0.25) is 0 Å². The van der Waals surface area contributed by atoms with Crippen molar-refractivity contribution in [3.8, 4) is 0 Å². The number of hydrogen-bond acceptors (Lipinski definition) is 2. The highest BCUT2D eigenvalue weighted by atomic mass is 16.4. The van der Waals surface area contributed by atoms with Gasteiger partial charge in [0, 0.05) is 0 Å². The topological polar surface area (TPSA) is 74.6 Å². The Bertz CT molecular complexity index is 407. The monoisotopic (exact) mass is 194 g/mol. The highest BCUT2D eigenvalue weighted by Crippen LogP contribution is 2.17. The van der Waals surface area contributed by atoms with Crippen LogP contribution in [0.25, 0.3) is 0 Å². The summed E-state index contributed by atoms with van der Waals surface area (Å²) in [4.78, 5) is 21.6. The number of hydrogen-bond donors (Lipinski definition) is 2. The van der Waals surface area contributed by atoms with Crippen LogP contribution in [-0.2, 0) is 0 Å². The van der Waals surface area contributed by atoms with Gasteiger partial charge in [0.2, 0.25) is 0 Å². The third kappa shape index (κ3) is 1.74. The maximum Gasteiger partial charge on any atom is 0.336 e. The third-order valence-corrected chi connectivity index (χ3v) is 1.92. The number of carboxylic acids is 2. The number of aryl methyl sites for hydroxylation is 2. The molecule has 0 heterocycles. The van der Waals surface area contributed by atoms with Gasteiger partial charge in [-0.2, -0.15) is 0 Å². The molecule has 4 nitrogen and oxygen atoms in total. The minimum atomic E-state index is -1.21. The van der Waals surface area contributed by atoms with Crippen molar-refractivity contribution in [2.75, 3.05) is 0 Å². The first-order valence-corrected chi connectivity index (χ1v) is 4.01. The van der Waals surface area contributed by atoms with Gasteiger partial charge in [0.15, 0.2) is 0 Å². The molecule has 2 N–H and O–H groups in total. The molecule has 0 radical (unpaired) electrons. The van der Waals surface area contributed by atoms with Gasteiger partial charge >= 0.3 is 11.9 Å². The van der Waals surface area contributed by atoms with E-state index < -0.39 is 11.9 Å². The molecule has 0 aliphatic rings. The van der Waals surface area contributed by atoms with Gasteiger partial charge in [0.1, 0.15) is 0 Å². The molecule has 0 unspecified atom stereocenters. The van der Waals surface area contributed by atoms with E-state index in [-0.39, 0.29) is 11.1 Å². The molecule has 74 valence electrons. The first-order chi connectivity index (χ1) is 6.43. The molecule has 14 heavy (non-hydrogen) atoms. The molecule has 0 saturated carbocycles. The Morgan fingerprint density at radius 2 is 1.64 bits per heavy atom. The second-order valence-electron chi connectivity index (χ2n) is 3.11. The second kappa shape index (κ2) is 3.49. The summed E-state index contributed by atoms with van der Waals surface area (Å²) in [7, 11) is 0. The number of carboxylic acid groups (broad SMARTS) is 2. The van der Waals surface area contributed by atoms with Crippen LogP contribution < -0.4 is 0 Å². The molecule has 0 aromatic heterocycles. The molecular weight excluding hydrogens is 184 g/mol. The van der Waals surface area contributed by atoms with Crippen molar-refractivity contribution < 1.29 is 19.8 Å². The van der Waals surface area contributed by atoms with E-state index in [2.05, 4.69) is 0 Å². The third-order valence-electron chi connectivity index (χ3n) is 1.92. The van der Waals surface area contributed by atoms with E-state index in [9.17, 15) is 9.59 Å². The Labute approximate surface area is 80.8 Å². The van der Waals surface area contributed by atoms with Gasteiger partial charge in [0.25, 0.3) is 0 Å². The SMILES string of the molecule is Cc1cc(C)c(C(=O)O)c(C(=O)O)c1. The smallest absolute Gasteiger partial charge is 0.336 e. The minimum Gasteiger partial charge on any atom is -0.478 e. The Hall–Kier alpha value is -1.84. The summed E-state index contributed by atoms with van der Waals surface area (Å²) in [5, 5.41) is 17.6. The van der Waals surface area contributed by atoms with Gasteiger partial charge in [-0.05, 0) is 31.0 Å². The summed E-state index contributed by atoms with van der Waals surface area (Å²) < 4.78 is 0. The van der Waals surface area contributed by atoms with E-state index in [4.69, 9.17) is 10.2 Å². The largest absolute Gasteiger partial charge is 0.478 e. The lowest BCUT2D eigenvalue weighted by atomic mass is 9.99. The van der Waals surface area contributed by atoms with Gasteiger partial charge in [-0.25, -0.2) is 9.59 Å². The molecule has 0 bridgehead atoms. The van der Waals surface area contributed by atoms with E-state index >= 15 is 0 Å². The maximum absolute atomic E-state index is 10.8. The van der Waals surface area contributed by atoms with Gasteiger partial charge in [-0.15, -0.1) is 0 Å². The fraction of sp³-hybridized carbons (Fsp3) is 0.200. The lowest BCUT2D eigenvalue weighted by Crippen LogP contribution is -2.10. The van der Waals surface area contributed by atoms with Crippen LogP contribution in [0, 0.1) is 13.8 Å². The molecular formula is C10H10O4. The normalized spacial score (nSPS) is 9.86. The second-order valence-corrected chi connectivity index (χ2v) is 3.11. The van der Waals surface area contributed by atoms with Crippen molar-refractivity contribution in [3.63, 3.8) is 0 Å². The molecule has 0 aliphatic carbocycles. The van der Waals surface area contributed by atoms with Gasteiger partial charge in [-0.3, -0.25) is 0 Å². The average molecular weight is 194 g/mol. The van der Waals surface area contributed by atoms with Gasteiger partial charge < -0.3 is 10.2 Å². The van der Waals surface area contributed by atoms with Crippen LogP contribution in [0.3, 0.4) is 0 Å². The van der Waals surface area contributed by atoms with E-state index in [0.717, 1.165) is 5.56 Å². The van der Waals surface area contributed by atoms with Crippen LogP contribution in [0.15, 0.2) is 12.1 Å². The van der Waals surface area contributed by atoms with Crippen LogP contribution >= 0.6 is 0 Å². The van der Waals surface area contributed by atoms with Crippen LogP contribution in [0.5, 0.6) is 0 Å². The van der Waals surface area contributed by atoms with Crippen LogP contribution in [0.4, 0.5) is 0 Å². The molecule has 0 fully saturated rings. The number of aromatic carboxylic acids is 2. The first kappa shape index (κ1) is 10.2. The summed E-state index contributed by atoms with van der Waals surface area (Å²) in [6.45, 7) is 3.31. The van der Waals surface area contributed by atoms with E-state index in [1.165, 1.54) is 6.07 Å². The number of benzene rings is 1. The standard InChI is InChI=1S/C10H10O4/c1-5-3-6(2)8(10(13)14)7(4-5)9(11)12/h3-4H,1-2H3,(H,11,12)(H,13,14). The molecule has 1 rings (SSSR count). The lowest BCUT2D eigenvalue weighted by molar-refractivity contribution is 0.0650. The summed E-state index contributed by atoms with van der Waals surface area (Å²) in [5.74, 6) is -2.42. The van der Waals surface area contributed by atoms with Crippen molar-refractivity contribution in [2.45, 2.75) is 13.8 Å². The Balaban J connectivity index is 3.52. The van der Waals surface area contributed by atoms with E-state index in [1.54, 1.807) is 19.9 Å².